The van der Waals surface area contributed by atoms with Gasteiger partial charge in [-0.05, 0) is 55.5 Å². The summed E-state index contributed by atoms with van der Waals surface area (Å²) in [6.45, 7) is 3.89. The number of guanidine groups is 1. The van der Waals surface area contributed by atoms with Crippen LogP contribution in [0.2, 0.25) is 0 Å². The number of carbonyl (C=O) groups excluding carboxylic acids is 1. The van der Waals surface area contributed by atoms with E-state index in [2.05, 4.69) is 27.8 Å². The average molecular weight is 341 g/mol. The van der Waals surface area contributed by atoms with Crippen molar-refractivity contribution in [3.63, 3.8) is 0 Å². The van der Waals surface area contributed by atoms with E-state index in [1.54, 1.807) is 30.8 Å². The summed E-state index contributed by atoms with van der Waals surface area (Å²) >= 11 is 1.65. The lowest BCUT2D eigenvalue weighted by molar-refractivity contribution is 0.0526. The minimum absolute atomic E-state index is 0.284. The zero-order valence-electron chi connectivity index (χ0n) is 13.4. The molecule has 1 aliphatic rings. The molecule has 3 rings (SSSR count). The molecule has 6 heteroatoms. The molecule has 0 saturated heterocycles. The van der Waals surface area contributed by atoms with Gasteiger partial charge in [-0.25, -0.2) is 4.79 Å². The van der Waals surface area contributed by atoms with Crippen molar-refractivity contribution in [1.29, 1.82) is 0 Å². The van der Waals surface area contributed by atoms with Gasteiger partial charge in [0.1, 0.15) is 0 Å². The van der Waals surface area contributed by atoms with Gasteiger partial charge in [-0.1, -0.05) is 11.8 Å². The summed E-state index contributed by atoms with van der Waals surface area (Å²) < 4.78 is 4.99. The maximum atomic E-state index is 11.6. The lowest BCUT2D eigenvalue weighted by Crippen LogP contribution is -2.26. The number of benzene rings is 2. The van der Waals surface area contributed by atoms with Crippen LogP contribution in [0.5, 0.6) is 0 Å². The normalized spacial score (nSPS) is 13.1. The van der Waals surface area contributed by atoms with E-state index in [0.29, 0.717) is 12.2 Å². The second-order valence-electron chi connectivity index (χ2n) is 5.15. The van der Waals surface area contributed by atoms with Crippen LogP contribution in [-0.4, -0.2) is 31.6 Å². The Balaban J connectivity index is 1.60. The number of aliphatic imine (C=N–C) groups is 1. The monoisotopic (exact) mass is 341 g/mol. The Morgan fingerprint density at radius 2 is 1.83 bits per heavy atom. The lowest BCUT2D eigenvalue weighted by atomic mass is 10.2. The summed E-state index contributed by atoms with van der Waals surface area (Å²) in [7, 11) is 0. The van der Waals surface area contributed by atoms with Crippen LogP contribution >= 0.6 is 11.8 Å². The molecule has 0 aromatic heterocycles. The van der Waals surface area contributed by atoms with Crippen molar-refractivity contribution >= 4 is 29.4 Å². The number of hydrogen-bond donors (Lipinski definition) is 2. The van der Waals surface area contributed by atoms with Crippen LogP contribution in [0.15, 0.2) is 63.3 Å². The third-order valence-corrected chi connectivity index (χ3v) is 4.41. The highest BCUT2D eigenvalue weighted by atomic mass is 32.2. The van der Waals surface area contributed by atoms with Gasteiger partial charge in [0, 0.05) is 22.0 Å². The van der Waals surface area contributed by atoms with Gasteiger partial charge in [0.25, 0.3) is 0 Å². The average Bonchev–Trinajstić information content (AvgIpc) is 3.10. The van der Waals surface area contributed by atoms with Crippen LogP contribution in [0.25, 0.3) is 0 Å². The van der Waals surface area contributed by atoms with E-state index >= 15 is 0 Å². The summed E-state index contributed by atoms with van der Waals surface area (Å²) in [5.74, 6) is 0.540. The fourth-order valence-electron chi connectivity index (χ4n) is 2.23. The molecule has 24 heavy (non-hydrogen) atoms. The van der Waals surface area contributed by atoms with Crippen molar-refractivity contribution in [3.05, 3.63) is 54.1 Å². The molecule has 0 fully saturated rings. The van der Waals surface area contributed by atoms with Crippen molar-refractivity contribution in [2.24, 2.45) is 4.99 Å². The quantitative estimate of drug-likeness (QED) is 0.816. The Bertz CT molecular complexity index is 727. The zero-order chi connectivity index (χ0) is 16.8. The molecule has 0 bridgehead atoms. The van der Waals surface area contributed by atoms with Gasteiger partial charge in [-0.3, -0.25) is 4.99 Å². The maximum absolute atomic E-state index is 11.6. The maximum Gasteiger partial charge on any atom is 0.338 e. The van der Waals surface area contributed by atoms with Gasteiger partial charge < -0.3 is 15.4 Å². The number of esters is 1. The number of rotatable bonds is 5. The fourth-order valence-corrected chi connectivity index (χ4v) is 3.05. The highest BCUT2D eigenvalue weighted by molar-refractivity contribution is 7.99. The van der Waals surface area contributed by atoms with E-state index in [9.17, 15) is 4.79 Å². The number of nitrogens with one attached hydrogen (secondary N) is 2. The van der Waals surface area contributed by atoms with E-state index in [1.165, 1.54) is 0 Å². The van der Waals surface area contributed by atoms with Crippen LogP contribution in [0.1, 0.15) is 17.3 Å². The molecular formula is C18H19N3O2S. The second-order valence-corrected chi connectivity index (χ2v) is 6.30. The molecule has 124 valence electrons. The second kappa shape index (κ2) is 7.88. The summed E-state index contributed by atoms with van der Waals surface area (Å²) in [4.78, 5) is 18.2. The molecule has 0 amide bonds. The number of anilines is 1. The van der Waals surface area contributed by atoms with E-state index < -0.39 is 0 Å². The van der Waals surface area contributed by atoms with Crippen molar-refractivity contribution < 1.29 is 9.53 Å². The third kappa shape index (κ3) is 4.29. The van der Waals surface area contributed by atoms with E-state index in [0.717, 1.165) is 34.5 Å². The topological polar surface area (TPSA) is 62.7 Å². The fraction of sp³-hybridized carbons (Fsp3) is 0.222. The van der Waals surface area contributed by atoms with E-state index in [-0.39, 0.29) is 5.97 Å². The van der Waals surface area contributed by atoms with Crippen molar-refractivity contribution in [2.75, 3.05) is 25.0 Å². The molecule has 0 aliphatic carbocycles. The van der Waals surface area contributed by atoms with Gasteiger partial charge in [0.2, 0.25) is 0 Å². The number of hydrogen-bond acceptors (Lipinski definition) is 6. The summed E-state index contributed by atoms with van der Waals surface area (Å²) in [5, 5.41) is 6.42. The standard InChI is InChI=1S/C18H19N3O2S/c1-2-23-17(22)13-3-7-15(8-4-13)24-16-9-5-14(6-10-16)21-18-19-11-12-20-18/h3-10H,2,11-12H2,1H3,(H2,19,20,21). The SMILES string of the molecule is CCOC(=O)c1ccc(Sc2ccc(NC3=NCCN3)cc2)cc1. The first-order chi connectivity index (χ1) is 11.7. The number of nitrogens with zero attached hydrogens (tertiary/aromatic N) is 1. The molecule has 0 radical (unpaired) electrons. The molecule has 1 heterocycles. The first-order valence-electron chi connectivity index (χ1n) is 7.85. The van der Waals surface area contributed by atoms with Crippen LogP contribution in [0, 0.1) is 0 Å². The molecular weight excluding hydrogens is 322 g/mol. The summed E-state index contributed by atoms with van der Waals surface area (Å²) in [6, 6.07) is 15.6. The van der Waals surface area contributed by atoms with Gasteiger partial charge >= 0.3 is 5.97 Å². The first kappa shape index (κ1) is 16.4. The third-order valence-electron chi connectivity index (χ3n) is 3.39. The minimum atomic E-state index is -0.284. The van der Waals surface area contributed by atoms with Gasteiger partial charge in [0.15, 0.2) is 5.96 Å². The van der Waals surface area contributed by atoms with Crippen LogP contribution in [0.3, 0.4) is 0 Å². The number of carbonyl (C=O) groups is 1. The van der Waals surface area contributed by atoms with Crippen molar-refractivity contribution in [3.8, 4) is 0 Å². The summed E-state index contributed by atoms with van der Waals surface area (Å²) in [5.41, 5.74) is 1.58. The zero-order valence-corrected chi connectivity index (χ0v) is 14.2. The van der Waals surface area contributed by atoms with Crippen LogP contribution < -0.4 is 10.6 Å². The molecule has 5 nitrogen and oxygen atoms in total. The van der Waals surface area contributed by atoms with E-state index in [1.807, 2.05) is 24.3 Å². The lowest BCUT2D eigenvalue weighted by Gasteiger charge is -2.08. The summed E-state index contributed by atoms with van der Waals surface area (Å²) in [6.07, 6.45) is 0. The van der Waals surface area contributed by atoms with Crippen LogP contribution in [-0.2, 0) is 4.74 Å². The Kier molecular flexibility index (Phi) is 5.38. The molecule has 2 N–H and O–H groups in total. The Morgan fingerprint density at radius 3 is 2.42 bits per heavy atom. The van der Waals surface area contributed by atoms with Crippen molar-refractivity contribution in [2.45, 2.75) is 16.7 Å². The molecule has 2 aromatic carbocycles. The predicted molar refractivity (Wildman–Crippen MR) is 96.9 cm³/mol. The van der Waals surface area contributed by atoms with Crippen molar-refractivity contribution in [1.82, 2.24) is 5.32 Å². The van der Waals surface area contributed by atoms with Gasteiger partial charge in [-0.2, -0.15) is 0 Å². The highest BCUT2D eigenvalue weighted by Crippen LogP contribution is 2.28. The molecule has 0 spiro atoms. The molecule has 2 aromatic rings. The molecule has 0 unspecified atom stereocenters. The molecule has 1 aliphatic heterocycles. The Morgan fingerprint density at radius 1 is 1.17 bits per heavy atom. The largest absolute Gasteiger partial charge is 0.462 e. The first-order valence-corrected chi connectivity index (χ1v) is 8.66. The molecule has 0 atom stereocenters. The van der Waals surface area contributed by atoms with Gasteiger partial charge in [0.05, 0.1) is 18.7 Å². The van der Waals surface area contributed by atoms with Crippen LogP contribution in [0.4, 0.5) is 5.69 Å². The smallest absolute Gasteiger partial charge is 0.338 e. The van der Waals surface area contributed by atoms with Gasteiger partial charge in [-0.15, -0.1) is 0 Å². The van der Waals surface area contributed by atoms with E-state index in [4.69, 9.17) is 4.74 Å². The number of ether oxygens (including phenoxy) is 1. The Hall–Kier alpha value is -2.47. The predicted octanol–water partition coefficient (Wildman–Crippen LogP) is 3.39. The Labute approximate surface area is 145 Å². The highest BCUT2D eigenvalue weighted by Gasteiger charge is 2.07. The minimum Gasteiger partial charge on any atom is -0.462 e. The molecule has 0 saturated carbocycles.